The first-order valence-corrected chi connectivity index (χ1v) is 10.6. The normalized spacial score (nSPS) is 15.2. The Balaban J connectivity index is 1.41. The maximum Gasteiger partial charge on any atom is 0.259 e. The van der Waals surface area contributed by atoms with Gasteiger partial charge in [0.1, 0.15) is 5.52 Å². The molecule has 0 atom stereocenters. The number of anilines is 1. The molecule has 4 aromatic rings. The quantitative estimate of drug-likeness (QED) is 0.547. The number of hydrogen-bond acceptors (Lipinski definition) is 7. The van der Waals surface area contributed by atoms with Gasteiger partial charge in [-0.1, -0.05) is 18.6 Å². The zero-order chi connectivity index (χ0) is 19.6. The van der Waals surface area contributed by atoms with E-state index in [2.05, 4.69) is 33.5 Å². The number of hydrogen-bond donors (Lipinski definition) is 1. The lowest BCUT2D eigenvalue weighted by Gasteiger charge is -2.26. The van der Waals surface area contributed by atoms with E-state index in [-0.39, 0.29) is 5.91 Å². The molecule has 0 unspecified atom stereocenters. The van der Waals surface area contributed by atoms with Gasteiger partial charge in [0, 0.05) is 19.3 Å². The van der Waals surface area contributed by atoms with Gasteiger partial charge in [0.05, 0.1) is 28.3 Å². The molecular formula is C20H21N7OS. The topological polar surface area (TPSA) is 88.8 Å². The number of aromatic nitrogens is 5. The lowest BCUT2D eigenvalue weighted by Crippen LogP contribution is -2.32. The van der Waals surface area contributed by atoms with E-state index >= 15 is 0 Å². The molecule has 5 rings (SSSR count). The molecule has 0 bridgehead atoms. The second-order valence-corrected chi connectivity index (χ2v) is 7.79. The predicted octanol–water partition coefficient (Wildman–Crippen LogP) is 3.17. The number of carbonyl (C=O) groups is 1. The summed E-state index contributed by atoms with van der Waals surface area (Å²) < 4.78 is 10.3. The minimum Gasteiger partial charge on any atom is -0.309 e. The highest BCUT2D eigenvalue weighted by Crippen LogP contribution is 2.21. The number of rotatable bonds is 5. The Morgan fingerprint density at radius 1 is 1.07 bits per heavy atom. The Morgan fingerprint density at radius 3 is 2.83 bits per heavy atom. The maximum atomic E-state index is 12.9. The molecule has 1 fully saturated rings. The maximum absolute atomic E-state index is 12.9. The summed E-state index contributed by atoms with van der Waals surface area (Å²) in [4.78, 5) is 24.2. The van der Waals surface area contributed by atoms with E-state index in [1.807, 2.05) is 24.3 Å². The number of pyridine rings is 1. The van der Waals surface area contributed by atoms with Crippen LogP contribution in [0.25, 0.3) is 22.2 Å². The van der Waals surface area contributed by atoms with Crippen LogP contribution in [0.5, 0.6) is 0 Å². The van der Waals surface area contributed by atoms with Crippen molar-refractivity contribution in [3.05, 3.63) is 42.1 Å². The number of fused-ring (bicyclic) bond motifs is 2. The molecule has 1 amide bonds. The lowest BCUT2D eigenvalue weighted by atomic mass is 10.1. The van der Waals surface area contributed by atoms with Gasteiger partial charge in [-0.25, -0.2) is 9.97 Å². The van der Waals surface area contributed by atoms with Crippen LogP contribution in [0, 0.1) is 0 Å². The molecule has 1 aliphatic heterocycles. The number of imidazole rings is 1. The Kier molecular flexibility index (Phi) is 4.91. The summed E-state index contributed by atoms with van der Waals surface area (Å²) in [6.07, 6.45) is 5.36. The summed E-state index contributed by atoms with van der Waals surface area (Å²) in [6, 6.07) is 9.69. The molecule has 1 N–H and O–H groups in total. The van der Waals surface area contributed by atoms with Crippen LogP contribution in [0.2, 0.25) is 0 Å². The highest BCUT2D eigenvalue weighted by molar-refractivity contribution is 7.00. The van der Waals surface area contributed by atoms with E-state index in [0.29, 0.717) is 22.7 Å². The first-order valence-electron chi connectivity index (χ1n) is 9.85. The van der Waals surface area contributed by atoms with Gasteiger partial charge in [0.25, 0.3) is 5.91 Å². The van der Waals surface area contributed by atoms with Gasteiger partial charge in [0.2, 0.25) is 5.95 Å². The van der Waals surface area contributed by atoms with Gasteiger partial charge in [-0.15, -0.1) is 0 Å². The number of amides is 1. The van der Waals surface area contributed by atoms with Crippen LogP contribution in [0.1, 0.15) is 29.6 Å². The average Bonchev–Trinajstić information content (AvgIpc) is 3.36. The van der Waals surface area contributed by atoms with Crippen molar-refractivity contribution < 1.29 is 4.79 Å². The van der Waals surface area contributed by atoms with Crippen molar-refractivity contribution in [3.63, 3.8) is 0 Å². The summed E-state index contributed by atoms with van der Waals surface area (Å²) in [6.45, 7) is 4.01. The van der Waals surface area contributed by atoms with E-state index in [9.17, 15) is 4.79 Å². The second-order valence-electron chi connectivity index (χ2n) is 7.26. The SMILES string of the molecule is O=C(Nc1nc2ccccc2n1CCN1CCCCC1)c1cnc2nsnc2c1. The summed E-state index contributed by atoms with van der Waals surface area (Å²) >= 11 is 1.09. The molecule has 1 saturated heterocycles. The molecule has 9 heteroatoms. The van der Waals surface area contributed by atoms with Crippen molar-refractivity contribution in [1.29, 1.82) is 0 Å². The van der Waals surface area contributed by atoms with Crippen LogP contribution < -0.4 is 5.32 Å². The van der Waals surface area contributed by atoms with E-state index in [4.69, 9.17) is 0 Å². The Morgan fingerprint density at radius 2 is 1.93 bits per heavy atom. The molecule has 29 heavy (non-hydrogen) atoms. The molecule has 0 radical (unpaired) electrons. The molecule has 1 aromatic carbocycles. The van der Waals surface area contributed by atoms with Crippen LogP contribution in [0.3, 0.4) is 0 Å². The van der Waals surface area contributed by atoms with Crippen molar-refractivity contribution in [3.8, 4) is 0 Å². The first kappa shape index (κ1) is 18.1. The number of para-hydroxylation sites is 2. The van der Waals surface area contributed by atoms with Crippen LogP contribution in [-0.4, -0.2) is 53.7 Å². The third kappa shape index (κ3) is 3.70. The Hall–Kier alpha value is -2.91. The zero-order valence-corrected chi connectivity index (χ0v) is 16.7. The minimum atomic E-state index is -0.248. The highest BCUT2D eigenvalue weighted by Gasteiger charge is 2.17. The standard InChI is InChI=1S/C20H21N7OS/c28-19(14-12-16-18(21-13-14)25-29-24-16)23-20-22-15-6-2-3-7-17(15)27(20)11-10-26-8-4-1-5-9-26/h2-3,6-7,12-13H,1,4-5,8-11H2,(H,22,23,28). The molecule has 0 aliphatic carbocycles. The fourth-order valence-corrected chi connectivity index (χ4v) is 4.29. The van der Waals surface area contributed by atoms with Crippen LogP contribution in [0.15, 0.2) is 36.5 Å². The fourth-order valence-electron chi connectivity index (χ4n) is 3.81. The van der Waals surface area contributed by atoms with E-state index in [0.717, 1.165) is 48.9 Å². The largest absolute Gasteiger partial charge is 0.309 e. The number of carbonyl (C=O) groups excluding carboxylic acids is 1. The van der Waals surface area contributed by atoms with E-state index in [1.165, 1.54) is 25.5 Å². The van der Waals surface area contributed by atoms with Gasteiger partial charge in [-0.05, 0) is 44.1 Å². The predicted molar refractivity (Wildman–Crippen MR) is 113 cm³/mol. The smallest absolute Gasteiger partial charge is 0.259 e. The second kappa shape index (κ2) is 7.84. The molecule has 148 valence electrons. The molecular weight excluding hydrogens is 386 g/mol. The van der Waals surface area contributed by atoms with Crippen LogP contribution >= 0.6 is 11.7 Å². The van der Waals surface area contributed by atoms with Crippen molar-refractivity contribution in [2.45, 2.75) is 25.8 Å². The summed E-state index contributed by atoms with van der Waals surface area (Å²) in [5, 5.41) is 2.97. The van der Waals surface area contributed by atoms with Crippen molar-refractivity contribution in [2.75, 3.05) is 25.0 Å². The van der Waals surface area contributed by atoms with Gasteiger partial charge >= 0.3 is 0 Å². The van der Waals surface area contributed by atoms with Gasteiger partial charge in [-0.2, -0.15) is 8.75 Å². The van der Waals surface area contributed by atoms with Crippen LogP contribution in [0.4, 0.5) is 5.95 Å². The van der Waals surface area contributed by atoms with Crippen molar-refractivity contribution in [1.82, 2.24) is 28.2 Å². The van der Waals surface area contributed by atoms with Crippen molar-refractivity contribution in [2.24, 2.45) is 0 Å². The van der Waals surface area contributed by atoms with Gasteiger partial charge in [-0.3, -0.25) is 10.1 Å². The van der Waals surface area contributed by atoms with Gasteiger partial charge in [0.15, 0.2) is 5.65 Å². The molecule has 0 saturated carbocycles. The number of benzene rings is 1. The zero-order valence-electron chi connectivity index (χ0n) is 15.9. The molecule has 0 spiro atoms. The molecule has 3 aromatic heterocycles. The summed E-state index contributed by atoms with van der Waals surface area (Å²) in [5.74, 6) is 0.312. The van der Waals surface area contributed by atoms with E-state index in [1.54, 1.807) is 6.07 Å². The van der Waals surface area contributed by atoms with E-state index < -0.39 is 0 Å². The average molecular weight is 408 g/mol. The number of likely N-dealkylation sites (tertiary alicyclic amines) is 1. The monoisotopic (exact) mass is 407 g/mol. The highest BCUT2D eigenvalue weighted by atomic mass is 32.1. The van der Waals surface area contributed by atoms with Gasteiger partial charge < -0.3 is 9.47 Å². The lowest BCUT2D eigenvalue weighted by molar-refractivity contribution is 0.102. The molecule has 8 nitrogen and oxygen atoms in total. The Labute approximate surface area is 171 Å². The fraction of sp³-hybridized carbons (Fsp3) is 0.350. The minimum absolute atomic E-state index is 0.248. The molecule has 4 heterocycles. The van der Waals surface area contributed by atoms with Crippen LogP contribution in [-0.2, 0) is 6.54 Å². The summed E-state index contributed by atoms with van der Waals surface area (Å²) in [5.41, 5.74) is 3.53. The third-order valence-corrected chi connectivity index (χ3v) is 5.88. The number of nitrogens with one attached hydrogen (secondary N) is 1. The first-order chi connectivity index (χ1) is 14.3. The number of piperidine rings is 1. The molecule has 1 aliphatic rings. The Bertz CT molecular complexity index is 1160. The number of nitrogens with zero attached hydrogens (tertiary/aromatic N) is 6. The van der Waals surface area contributed by atoms with Crippen molar-refractivity contribution >= 4 is 45.8 Å². The summed E-state index contributed by atoms with van der Waals surface area (Å²) in [7, 11) is 0. The third-order valence-electron chi connectivity index (χ3n) is 5.34.